The summed E-state index contributed by atoms with van der Waals surface area (Å²) in [5, 5.41) is 0. The monoisotopic (exact) mass is 451 g/mol. The van der Waals surface area contributed by atoms with Gasteiger partial charge in [-0.3, -0.25) is 9.78 Å². The molecular weight excluding hydrogens is 422 g/mol. The zero-order valence-electron chi connectivity index (χ0n) is 18.9. The third kappa shape index (κ3) is 5.02. The van der Waals surface area contributed by atoms with Crippen molar-refractivity contribution in [3.8, 4) is 11.5 Å². The number of methoxy groups -OCH3 is 1. The minimum atomic E-state index is -0.319. The molecule has 3 aromatic rings. The van der Waals surface area contributed by atoms with Crippen LogP contribution in [0.2, 0.25) is 0 Å². The van der Waals surface area contributed by atoms with E-state index in [-0.39, 0.29) is 11.8 Å². The molecule has 174 valence electrons. The number of hydrogen-bond donors (Lipinski definition) is 0. The highest BCUT2D eigenvalue weighted by Crippen LogP contribution is 2.26. The number of rotatable bonds is 7. The molecule has 0 aliphatic carbocycles. The molecule has 2 aliphatic rings. The Morgan fingerprint density at radius 1 is 1.12 bits per heavy atom. The van der Waals surface area contributed by atoms with Gasteiger partial charge in [-0.25, -0.2) is 4.98 Å². The van der Waals surface area contributed by atoms with Crippen LogP contribution >= 0.6 is 0 Å². The van der Waals surface area contributed by atoms with Gasteiger partial charge in [-0.1, -0.05) is 0 Å². The molecule has 2 aromatic heterocycles. The summed E-state index contributed by atoms with van der Waals surface area (Å²) in [7, 11) is 1.61. The van der Waals surface area contributed by atoms with Crippen LogP contribution in [0.15, 0.2) is 41.5 Å². The van der Waals surface area contributed by atoms with Gasteiger partial charge < -0.3 is 23.5 Å². The lowest BCUT2D eigenvalue weighted by molar-refractivity contribution is -0.204. The van der Waals surface area contributed by atoms with Crippen molar-refractivity contribution in [2.24, 2.45) is 5.92 Å². The molecule has 1 aromatic carbocycles. The summed E-state index contributed by atoms with van der Waals surface area (Å²) < 4.78 is 24.6. The van der Waals surface area contributed by atoms with Crippen molar-refractivity contribution in [1.29, 1.82) is 0 Å². The molecule has 0 bridgehead atoms. The highest BCUT2D eigenvalue weighted by Gasteiger charge is 2.23. The lowest BCUT2D eigenvalue weighted by Crippen LogP contribution is -2.34. The predicted molar refractivity (Wildman–Crippen MR) is 123 cm³/mol. The van der Waals surface area contributed by atoms with Crippen molar-refractivity contribution in [3.63, 3.8) is 0 Å². The highest BCUT2D eigenvalue weighted by molar-refractivity contribution is 5.76. The molecule has 8 heteroatoms. The first-order chi connectivity index (χ1) is 16.2. The molecule has 1 saturated heterocycles. The average Bonchev–Trinajstić information content (AvgIpc) is 2.87. The van der Waals surface area contributed by atoms with E-state index in [2.05, 4.69) is 16.0 Å². The molecule has 0 N–H and O–H groups in total. The normalized spacial score (nSPS) is 20.3. The van der Waals surface area contributed by atoms with Gasteiger partial charge in [0.2, 0.25) is 0 Å². The summed E-state index contributed by atoms with van der Waals surface area (Å²) >= 11 is 0. The van der Waals surface area contributed by atoms with Crippen molar-refractivity contribution < 1.29 is 18.9 Å². The number of nitrogens with zero attached hydrogens (tertiary/aromatic N) is 3. The molecule has 0 atom stereocenters. The van der Waals surface area contributed by atoms with E-state index < -0.39 is 0 Å². The van der Waals surface area contributed by atoms with Crippen molar-refractivity contribution in [2.75, 3.05) is 26.9 Å². The van der Waals surface area contributed by atoms with Crippen LogP contribution < -0.4 is 15.0 Å². The van der Waals surface area contributed by atoms with Gasteiger partial charge in [0.15, 0.2) is 6.29 Å². The van der Waals surface area contributed by atoms with Crippen LogP contribution in [0.3, 0.4) is 0 Å². The second kappa shape index (κ2) is 9.89. The maximum atomic E-state index is 12.4. The summed E-state index contributed by atoms with van der Waals surface area (Å²) in [6.45, 7) is 2.57. The van der Waals surface area contributed by atoms with Gasteiger partial charge in [0.1, 0.15) is 11.5 Å². The molecule has 33 heavy (non-hydrogen) atoms. The van der Waals surface area contributed by atoms with Gasteiger partial charge in [0, 0.05) is 30.6 Å². The number of aromatic nitrogens is 3. The lowest BCUT2D eigenvalue weighted by Gasteiger charge is -2.29. The summed E-state index contributed by atoms with van der Waals surface area (Å²) in [6.07, 6.45) is 7.48. The van der Waals surface area contributed by atoms with Gasteiger partial charge in [-0.15, -0.1) is 0 Å². The summed E-state index contributed by atoms with van der Waals surface area (Å²) in [5.41, 5.74) is 3.72. The molecular formula is C25H29N3O5. The minimum absolute atomic E-state index is 0.146. The van der Waals surface area contributed by atoms with Crippen LogP contribution in [0.4, 0.5) is 0 Å². The molecule has 2 aliphatic heterocycles. The molecule has 0 unspecified atom stereocenters. The first-order valence-electron chi connectivity index (χ1n) is 11.6. The van der Waals surface area contributed by atoms with Crippen LogP contribution in [-0.4, -0.2) is 47.8 Å². The molecule has 0 amide bonds. The number of ether oxygens (including phenoxy) is 4. The largest absolute Gasteiger partial charge is 0.497 e. The summed E-state index contributed by atoms with van der Waals surface area (Å²) in [4.78, 5) is 21.2. The van der Waals surface area contributed by atoms with Gasteiger partial charge in [0.05, 0.1) is 50.4 Å². The van der Waals surface area contributed by atoms with E-state index in [1.54, 1.807) is 11.7 Å². The van der Waals surface area contributed by atoms with Crippen LogP contribution in [0, 0.1) is 5.92 Å². The molecule has 8 nitrogen and oxygen atoms in total. The zero-order chi connectivity index (χ0) is 22.6. The maximum Gasteiger partial charge on any atom is 0.269 e. The Morgan fingerprint density at radius 3 is 2.85 bits per heavy atom. The fourth-order valence-electron chi connectivity index (χ4n) is 4.44. The number of pyridine rings is 1. The average molecular weight is 452 g/mol. The zero-order valence-corrected chi connectivity index (χ0v) is 18.9. The smallest absolute Gasteiger partial charge is 0.269 e. The fourth-order valence-corrected chi connectivity index (χ4v) is 4.44. The van der Waals surface area contributed by atoms with Crippen molar-refractivity contribution >= 4 is 11.0 Å². The van der Waals surface area contributed by atoms with E-state index in [1.807, 2.05) is 24.4 Å². The van der Waals surface area contributed by atoms with Gasteiger partial charge in [0.25, 0.3) is 5.56 Å². The van der Waals surface area contributed by atoms with Crippen LogP contribution in [0.5, 0.6) is 11.5 Å². The molecule has 1 fully saturated rings. The molecule has 4 heterocycles. The Labute approximate surface area is 192 Å². The Morgan fingerprint density at radius 2 is 2.00 bits per heavy atom. The highest BCUT2D eigenvalue weighted by atomic mass is 16.7. The van der Waals surface area contributed by atoms with Crippen LogP contribution in [-0.2, 0) is 28.9 Å². The van der Waals surface area contributed by atoms with Crippen molar-refractivity contribution in [1.82, 2.24) is 14.5 Å². The summed E-state index contributed by atoms with van der Waals surface area (Å²) in [6, 6.07) is 7.70. The van der Waals surface area contributed by atoms with Gasteiger partial charge in [-0.05, 0) is 49.4 Å². The van der Waals surface area contributed by atoms with Crippen LogP contribution in [0.1, 0.15) is 30.5 Å². The Hall–Kier alpha value is -2.97. The topological polar surface area (TPSA) is 84.7 Å². The van der Waals surface area contributed by atoms with E-state index in [4.69, 9.17) is 18.9 Å². The standard InChI is InChI=1S/C25H29N3O5/c1-30-20-6-7-21-22(12-20)28(24(29)14-27-21)9-8-25-32-15-17(16-33-25)4-5-19-11-18-3-2-10-31-23(18)13-26-19/h6-7,11-14,17,25H,2-5,8-10,15-16H2,1H3. The molecule has 0 saturated carbocycles. The Balaban J connectivity index is 1.13. The third-order valence-corrected chi connectivity index (χ3v) is 6.34. The van der Waals surface area contributed by atoms with Crippen molar-refractivity contribution in [2.45, 2.75) is 44.9 Å². The SMILES string of the molecule is COc1ccc2ncc(=O)n(CCC3OCC(CCc4cc5c(cn4)OCCC5)CO3)c2c1. The van der Waals surface area contributed by atoms with E-state index >= 15 is 0 Å². The second-order valence-electron chi connectivity index (χ2n) is 8.63. The second-order valence-corrected chi connectivity index (χ2v) is 8.63. The van der Waals surface area contributed by atoms with Crippen molar-refractivity contribution in [3.05, 3.63) is 58.3 Å². The van der Waals surface area contributed by atoms with Gasteiger partial charge in [-0.2, -0.15) is 0 Å². The lowest BCUT2D eigenvalue weighted by atomic mass is 10.0. The molecule has 0 spiro atoms. The number of benzene rings is 1. The van der Waals surface area contributed by atoms with Crippen LogP contribution in [0.25, 0.3) is 11.0 Å². The van der Waals surface area contributed by atoms with E-state index in [0.29, 0.717) is 37.8 Å². The number of hydrogen-bond acceptors (Lipinski definition) is 7. The number of fused-ring (bicyclic) bond motifs is 2. The molecule has 5 rings (SSSR count). The van der Waals surface area contributed by atoms with Gasteiger partial charge >= 0.3 is 0 Å². The first kappa shape index (κ1) is 21.9. The van der Waals surface area contributed by atoms with E-state index in [1.165, 1.54) is 11.8 Å². The maximum absolute atomic E-state index is 12.4. The fraction of sp³-hybridized carbons (Fsp3) is 0.480. The molecule has 0 radical (unpaired) electrons. The quantitative estimate of drug-likeness (QED) is 0.546. The van der Waals surface area contributed by atoms with E-state index in [0.717, 1.165) is 54.8 Å². The Kier molecular flexibility index (Phi) is 6.55. The van der Waals surface area contributed by atoms with E-state index in [9.17, 15) is 4.79 Å². The number of aryl methyl sites for hydroxylation is 3. The predicted octanol–water partition coefficient (Wildman–Crippen LogP) is 3.14. The Bertz CT molecular complexity index is 1170. The third-order valence-electron chi connectivity index (χ3n) is 6.34. The minimum Gasteiger partial charge on any atom is -0.497 e. The first-order valence-corrected chi connectivity index (χ1v) is 11.6. The summed E-state index contributed by atoms with van der Waals surface area (Å²) in [5.74, 6) is 1.96.